The summed E-state index contributed by atoms with van der Waals surface area (Å²) in [6.45, 7) is 4.58. The Morgan fingerprint density at radius 1 is 1.25 bits per heavy atom. The lowest BCUT2D eigenvalue weighted by atomic mass is 10.2. The summed E-state index contributed by atoms with van der Waals surface area (Å²) < 4.78 is 1.64. The molecule has 3 aromatic rings. The number of benzene rings is 1. The second-order valence-corrected chi connectivity index (χ2v) is 7.17. The fourth-order valence-electron chi connectivity index (χ4n) is 2.98. The molecule has 0 unspecified atom stereocenters. The van der Waals surface area contributed by atoms with Crippen molar-refractivity contribution in [1.29, 1.82) is 0 Å². The van der Waals surface area contributed by atoms with Gasteiger partial charge in [-0.3, -0.25) is 14.0 Å². The standard InChI is InChI=1S/C21H23ClN4O2/c1-4-5-11-25(3)21(28)18-17-8-6-7-12-26(17)19(24-18)20(27)23-16-10-9-15(22)13-14(16)2/h6-10,12-13H,4-5,11H2,1-3H3,(H,23,27). The van der Waals surface area contributed by atoms with Crippen molar-refractivity contribution in [1.82, 2.24) is 14.3 Å². The van der Waals surface area contributed by atoms with Gasteiger partial charge in [-0.05, 0) is 49.2 Å². The Morgan fingerprint density at radius 2 is 2.04 bits per heavy atom. The average molecular weight is 399 g/mol. The molecule has 146 valence electrons. The first-order valence-electron chi connectivity index (χ1n) is 9.22. The molecule has 3 rings (SSSR count). The number of halogens is 1. The van der Waals surface area contributed by atoms with E-state index in [4.69, 9.17) is 11.6 Å². The minimum absolute atomic E-state index is 0.164. The molecule has 6 nitrogen and oxygen atoms in total. The molecule has 0 aliphatic rings. The van der Waals surface area contributed by atoms with Crippen molar-refractivity contribution in [3.63, 3.8) is 0 Å². The summed E-state index contributed by atoms with van der Waals surface area (Å²) >= 11 is 5.98. The molecule has 7 heteroatoms. The molecular formula is C21H23ClN4O2. The fourth-order valence-corrected chi connectivity index (χ4v) is 3.21. The van der Waals surface area contributed by atoms with Crippen molar-refractivity contribution in [2.75, 3.05) is 18.9 Å². The van der Waals surface area contributed by atoms with E-state index in [9.17, 15) is 9.59 Å². The largest absolute Gasteiger partial charge is 0.340 e. The van der Waals surface area contributed by atoms with Crippen molar-refractivity contribution in [2.24, 2.45) is 0 Å². The number of nitrogens with zero attached hydrogens (tertiary/aromatic N) is 3. The minimum atomic E-state index is -0.387. The molecule has 0 aliphatic heterocycles. The summed E-state index contributed by atoms with van der Waals surface area (Å²) in [6.07, 6.45) is 3.64. The molecule has 2 heterocycles. The topological polar surface area (TPSA) is 66.7 Å². The number of nitrogens with one attached hydrogen (secondary N) is 1. The summed E-state index contributed by atoms with van der Waals surface area (Å²) in [5.74, 6) is -0.419. The first kappa shape index (κ1) is 19.9. The first-order chi connectivity index (χ1) is 13.4. The lowest BCUT2D eigenvalue weighted by Crippen LogP contribution is -2.28. The Kier molecular flexibility index (Phi) is 5.99. The zero-order chi connectivity index (χ0) is 20.3. The Morgan fingerprint density at radius 3 is 2.75 bits per heavy atom. The highest BCUT2D eigenvalue weighted by atomic mass is 35.5. The van der Waals surface area contributed by atoms with E-state index in [2.05, 4.69) is 17.2 Å². The van der Waals surface area contributed by atoms with Crippen molar-refractivity contribution in [2.45, 2.75) is 26.7 Å². The van der Waals surface area contributed by atoms with Gasteiger partial charge in [-0.2, -0.15) is 0 Å². The van der Waals surface area contributed by atoms with Gasteiger partial charge in [0, 0.05) is 30.5 Å². The maximum Gasteiger partial charge on any atom is 0.292 e. The number of anilines is 1. The highest BCUT2D eigenvalue weighted by molar-refractivity contribution is 6.30. The van der Waals surface area contributed by atoms with Crippen molar-refractivity contribution < 1.29 is 9.59 Å². The monoisotopic (exact) mass is 398 g/mol. The summed E-state index contributed by atoms with van der Waals surface area (Å²) in [5, 5.41) is 3.46. The Labute approximate surface area is 169 Å². The molecular weight excluding hydrogens is 376 g/mol. The third-order valence-corrected chi connectivity index (χ3v) is 4.82. The Hall–Kier alpha value is -2.86. The van der Waals surface area contributed by atoms with Crippen LogP contribution in [0.2, 0.25) is 5.02 Å². The number of hydrogen-bond acceptors (Lipinski definition) is 3. The average Bonchev–Trinajstić information content (AvgIpc) is 3.07. The summed E-state index contributed by atoms with van der Waals surface area (Å²) in [5.41, 5.74) is 2.37. The zero-order valence-electron chi connectivity index (χ0n) is 16.2. The van der Waals surface area contributed by atoms with Gasteiger partial charge in [-0.1, -0.05) is 31.0 Å². The highest BCUT2D eigenvalue weighted by Crippen LogP contribution is 2.21. The quantitative estimate of drug-likeness (QED) is 0.668. The van der Waals surface area contributed by atoms with Gasteiger partial charge in [0.2, 0.25) is 5.82 Å². The number of carbonyl (C=O) groups excluding carboxylic acids is 2. The van der Waals surface area contributed by atoms with Crippen LogP contribution in [0.5, 0.6) is 0 Å². The van der Waals surface area contributed by atoms with E-state index in [1.54, 1.807) is 52.9 Å². The van der Waals surface area contributed by atoms with Crippen LogP contribution in [-0.2, 0) is 0 Å². The van der Waals surface area contributed by atoms with Gasteiger partial charge >= 0.3 is 0 Å². The summed E-state index contributed by atoms with van der Waals surface area (Å²) in [6, 6.07) is 10.6. The SMILES string of the molecule is CCCCN(C)C(=O)c1nc(C(=O)Nc2ccc(Cl)cc2C)n2ccccc12. The van der Waals surface area contributed by atoms with Crippen molar-refractivity contribution in [3.8, 4) is 0 Å². The van der Waals surface area contributed by atoms with Gasteiger partial charge in [0.05, 0.1) is 5.52 Å². The molecule has 0 fully saturated rings. The van der Waals surface area contributed by atoms with E-state index in [1.165, 1.54) is 0 Å². The number of hydrogen-bond donors (Lipinski definition) is 1. The van der Waals surface area contributed by atoms with Crippen LogP contribution >= 0.6 is 11.6 Å². The van der Waals surface area contributed by atoms with Crippen molar-refractivity contribution >= 4 is 34.6 Å². The minimum Gasteiger partial charge on any atom is -0.340 e. The van der Waals surface area contributed by atoms with E-state index in [0.29, 0.717) is 22.8 Å². The van der Waals surface area contributed by atoms with Gasteiger partial charge in [-0.15, -0.1) is 0 Å². The molecule has 0 bridgehead atoms. The lowest BCUT2D eigenvalue weighted by molar-refractivity contribution is 0.0790. The number of aromatic nitrogens is 2. The number of imidazole rings is 1. The van der Waals surface area contributed by atoms with E-state index in [-0.39, 0.29) is 23.3 Å². The summed E-state index contributed by atoms with van der Waals surface area (Å²) in [7, 11) is 1.75. The highest BCUT2D eigenvalue weighted by Gasteiger charge is 2.23. The maximum absolute atomic E-state index is 12.9. The van der Waals surface area contributed by atoms with E-state index in [1.807, 2.05) is 13.0 Å². The second kappa shape index (κ2) is 8.44. The van der Waals surface area contributed by atoms with Crippen molar-refractivity contribution in [3.05, 3.63) is 64.7 Å². The number of fused-ring (bicyclic) bond motifs is 1. The molecule has 0 saturated heterocycles. The third kappa shape index (κ3) is 4.02. The molecule has 1 N–H and O–H groups in total. The third-order valence-electron chi connectivity index (χ3n) is 4.58. The number of pyridine rings is 1. The van der Waals surface area contributed by atoms with Crippen LogP contribution in [0, 0.1) is 6.92 Å². The first-order valence-corrected chi connectivity index (χ1v) is 9.60. The molecule has 0 spiro atoms. The molecule has 2 amide bonds. The lowest BCUT2D eigenvalue weighted by Gasteiger charge is -2.15. The van der Waals surface area contributed by atoms with Crippen LogP contribution < -0.4 is 5.32 Å². The molecule has 0 atom stereocenters. The van der Waals surface area contributed by atoms with Crippen LogP contribution in [0.4, 0.5) is 5.69 Å². The van der Waals surface area contributed by atoms with Gasteiger partial charge in [0.1, 0.15) is 0 Å². The molecule has 0 aliphatic carbocycles. The van der Waals surface area contributed by atoms with Crippen LogP contribution in [-0.4, -0.2) is 39.7 Å². The molecule has 28 heavy (non-hydrogen) atoms. The van der Waals surface area contributed by atoms with Crippen LogP contribution in [0.1, 0.15) is 46.4 Å². The van der Waals surface area contributed by atoms with Gasteiger partial charge in [0.25, 0.3) is 11.8 Å². The molecule has 0 radical (unpaired) electrons. The van der Waals surface area contributed by atoms with Crippen LogP contribution in [0.3, 0.4) is 0 Å². The molecule has 1 aromatic carbocycles. The zero-order valence-corrected chi connectivity index (χ0v) is 17.0. The van der Waals surface area contributed by atoms with Crippen LogP contribution in [0.15, 0.2) is 42.6 Å². The number of amides is 2. The predicted octanol–water partition coefficient (Wildman–Crippen LogP) is 4.42. The van der Waals surface area contributed by atoms with Gasteiger partial charge < -0.3 is 10.2 Å². The number of aryl methyl sites for hydroxylation is 1. The number of rotatable bonds is 6. The van der Waals surface area contributed by atoms with E-state index in [0.717, 1.165) is 18.4 Å². The van der Waals surface area contributed by atoms with E-state index >= 15 is 0 Å². The van der Waals surface area contributed by atoms with Gasteiger partial charge in [0.15, 0.2) is 5.69 Å². The predicted molar refractivity (Wildman–Crippen MR) is 111 cm³/mol. The normalized spacial score (nSPS) is 10.9. The number of unbranched alkanes of at least 4 members (excludes halogenated alkanes) is 1. The Balaban J connectivity index is 1.95. The van der Waals surface area contributed by atoms with Crippen LogP contribution in [0.25, 0.3) is 5.52 Å². The molecule has 0 saturated carbocycles. The Bertz CT molecular complexity index is 1030. The maximum atomic E-state index is 12.9. The smallest absolute Gasteiger partial charge is 0.292 e. The molecule has 2 aromatic heterocycles. The summed E-state index contributed by atoms with van der Waals surface area (Å²) in [4.78, 5) is 31.8. The number of carbonyl (C=O) groups is 2. The van der Waals surface area contributed by atoms with Gasteiger partial charge in [-0.25, -0.2) is 4.98 Å². The van der Waals surface area contributed by atoms with E-state index < -0.39 is 0 Å². The fraction of sp³-hybridized carbons (Fsp3) is 0.286. The second-order valence-electron chi connectivity index (χ2n) is 6.73.